The molecule has 0 unspecified atom stereocenters. The predicted octanol–water partition coefficient (Wildman–Crippen LogP) is 0.725. The van der Waals surface area contributed by atoms with Crippen LogP contribution < -0.4 is 11.1 Å². The number of amides is 1. The molecule has 0 aliphatic carbocycles. The molecule has 0 aromatic heterocycles. The number of carbonyl (C=O) groups excluding carboxylic acids is 1. The number of hydrogen-bond acceptors (Lipinski definition) is 5. The Morgan fingerprint density at radius 2 is 1.95 bits per heavy atom. The molecule has 0 spiro atoms. The summed E-state index contributed by atoms with van der Waals surface area (Å²) in [7, 11) is 0. The second kappa shape index (κ2) is 6.34. The number of carboxylic acids is 1. The number of rotatable bonds is 7. The van der Waals surface area contributed by atoms with Crippen molar-refractivity contribution >= 4 is 23.3 Å². The molecule has 102 valence electrons. The summed E-state index contributed by atoms with van der Waals surface area (Å²) in [6.07, 6.45) is -0.157. The van der Waals surface area contributed by atoms with E-state index in [-0.39, 0.29) is 18.5 Å². The Morgan fingerprint density at radius 1 is 1.37 bits per heavy atom. The molecular formula is C11H13N3O5. The Bertz CT molecular complexity index is 486. The lowest BCUT2D eigenvalue weighted by Gasteiger charge is -2.15. The van der Waals surface area contributed by atoms with Gasteiger partial charge in [0.2, 0.25) is 5.91 Å². The van der Waals surface area contributed by atoms with Gasteiger partial charge in [0.1, 0.15) is 6.04 Å². The SMILES string of the molecule is NC(=O)[C@H](CCC(=O)O)Nc1ccc([N+](=O)[O-])cc1. The van der Waals surface area contributed by atoms with E-state index in [4.69, 9.17) is 10.8 Å². The van der Waals surface area contributed by atoms with Crippen molar-refractivity contribution in [3.63, 3.8) is 0 Å². The molecule has 1 atom stereocenters. The van der Waals surface area contributed by atoms with Crippen LogP contribution in [0.2, 0.25) is 0 Å². The van der Waals surface area contributed by atoms with Gasteiger partial charge in [0.15, 0.2) is 0 Å². The van der Waals surface area contributed by atoms with Crippen molar-refractivity contribution in [3.8, 4) is 0 Å². The molecule has 0 bridgehead atoms. The summed E-state index contributed by atoms with van der Waals surface area (Å²) >= 11 is 0. The second-order valence-electron chi connectivity index (χ2n) is 3.84. The first-order chi connectivity index (χ1) is 8.90. The van der Waals surface area contributed by atoms with Gasteiger partial charge >= 0.3 is 5.97 Å². The number of aliphatic carboxylic acids is 1. The molecule has 0 heterocycles. The summed E-state index contributed by atoms with van der Waals surface area (Å²) in [5.74, 6) is -1.71. The lowest BCUT2D eigenvalue weighted by Crippen LogP contribution is -2.35. The molecule has 1 rings (SSSR count). The first kappa shape index (κ1) is 14.4. The van der Waals surface area contributed by atoms with Gasteiger partial charge in [-0.15, -0.1) is 0 Å². The molecule has 0 radical (unpaired) electrons. The number of nitrogens with one attached hydrogen (secondary N) is 1. The van der Waals surface area contributed by atoms with E-state index >= 15 is 0 Å². The largest absolute Gasteiger partial charge is 0.481 e. The van der Waals surface area contributed by atoms with Gasteiger partial charge in [-0.3, -0.25) is 19.7 Å². The summed E-state index contributed by atoms with van der Waals surface area (Å²) in [6.45, 7) is 0. The molecule has 1 aromatic rings. The summed E-state index contributed by atoms with van der Waals surface area (Å²) in [5, 5.41) is 21.8. The van der Waals surface area contributed by atoms with Crippen molar-refractivity contribution in [1.82, 2.24) is 0 Å². The van der Waals surface area contributed by atoms with Gasteiger partial charge in [-0.1, -0.05) is 0 Å². The van der Waals surface area contributed by atoms with E-state index in [2.05, 4.69) is 5.32 Å². The van der Waals surface area contributed by atoms with E-state index in [1.54, 1.807) is 0 Å². The highest BCUT2D eigenvalue weighted by Gasteiger charge is 2.16. The zero-order valence-corrected chi connectivity index (χ0v) is 9.91. The number of nitro benzene ring substituents is 1. The summed E-state index contributed by atoms with van der Waals surface area (Å²) in [4.78, 5) is 31.5. The molecule has 0 fully saturated rings. The lowest BCUT2D eigenvalue weighted by molar-refractivity contribution is -0.384. The van der Waals surface area contributed by atoms with E-state index in [9.17, 15) is 19.7 Å². The molecule has 0 saturated carbocycles. The number of anilines is 1. The maximum Gasteiger partial charge on any atom is 0.303 e. The summed E-state index contributed by atoms with van der Waals surface area (Å²) in [6, 6.07) is 4.57. The Balaban J connectivity index is 2.70. The highest BCUT2D eigenvalue weighted by molar-refractivity contribution is 5.83. The van der Waals surface area contributed by atoms with Crippen molar-refractivity contribution in [2.75, 3.05) is 5.32 Å². The van der Waals surface area contributed by atoms with Crippen LogP contribution in [-0.4, -0.2) is 27.9 Å². The third-order valence-electron chi connectivity index (χ3n) is 2.41. The lowest BCUT2D eigenvalue weighted by atomic mass is 10.1. The van der Waals surface area contributed by atoms with Gasteiger partial charge in [-0.25, -0.2) is 0 Å². The highest BCUT2D eigenvalue weighted by Crippen LogP contribution is 2.17. The number of benzene rings is 1. The van der Waals surface area contributed by atoms with Crippen molar-refractivity contribution in [3.05, 3.63) is 34.4 Å². The van der Waals surface area contributed by atoms with E-state index < -0.39 is 22.8 Å². The van der Waals surface area contributed by atoms with Gasteiger partial charge < -0.3 is 16.2 Å². The second-order valence-corrected chi connectivity index (χ2v) is 3.84. The van der Waals surface area contributed by atoms with Crippen LogP contribution in [-0.2, 0) is 9.59 Å². The van der Waals surface area contributed by atoms with E-state index in [0.29, 0.717) is 5.69 Å². The minimum atomic E-state index is -1.03. The van der Waals surface area contributed by atoms with Gasteiger partial charge in [0.25, 0.3) is 5.69 Å². The number of carbonyl (C=O) groups is 2. The Hall–Kier alpha value is -2.64. The van der Waals surface area contributed by atoms with Gasteiger partial charge in [0, 0.05) is 24.2 Å². The monoisotopic (exact) mass is 267 g/mol. The van der Waals surface area contributed by atoms with Crippen molar-refractivity contribution in [1.29, 1.82) is 0 Å². The van der Waals surface area contributed by atoms with Gasteiger partial charge in [-0.2, -0.15) is 0 Å². The Labute approximate surface area is 108 Å². The molecule has 4 N–H and O–H groups in total. The first-order valence-corrected chi connectivity index (χ1v) is 5.42. The average Bonchev–Trinajstić information content (AvgIpc) is 2.34. The first-order valence-electron chi connectivity index (χ1n) is 5.42. The maximum absolute atomic E-state index is 11.2. The normalized spacial score (nSPS) is 11.6. The van der Waals surface area contributed by atoms with E-state index in [1.165, 1.54) is 24.3 Å². The number of hydrogen-bond donors (Lipinski definition) is 3. The minimum Gasteiger partial charge on any atom is -0.481 e. The number of non-ortho nitro benzene ring substituents is 1. The number of primary amides is 1. The van der Waals surface area contributed by atoms with Crippen LogP contribution in [0.25, 0.3) is 0 Å². The number of nitrogens with zero attached hydrogens (tertiary/aromatic N) is 1. The van der Waals surface area contributed by atoms with Crippen LogP contribution >= 0.6 is 0 Å². The standard InChI is InChI=1S/C11H13N3O5/c12-11(17)9(5-6-10(15)16)13-7-1-3-8(4-2-7)14(18)19/h1-4,9,13H,5-6H2,(H2,12,17)(H,15,16)/t9-/m0/s1. The van der Waals surface area contributed by atoms with Crippen molar-refractivity contribution in [2.24, 2.45) is 5.73 Å². The molecule has 8 heteroatoms. The summed E-state index contributed by atoms with van der Waals surface area (Å²) in [5.41, 5.74) is 5.53. The molecule has 0 aliphatic heterocycles. The van der Waals surface area contributed by atoms with E-state index in [1.807, 2.05) is 0 Å². The summed E-state index contributed by atoms with van der Waals surface area (Å²) < 4.78 is 0. The Morgan fingerprint density at radius 3 is 2.37 bits per heavy atom. The van der Waals surface area contributed by atoms with Crippen LogP contribution in [0.15, 0.2) is 24.3 Å². The fourth-order valence-corrected chi connectivity index (χ4v) is 1.43. The molecule has 19 heavy (non-hydrogen) atoms. The van der Waals surface area contributed by atoms with Crippen LogP contribution in [0.5, 0.6) is 0 Å². The molecular weight excluding hydrogens is 254 g/mol. The van der Waals surface area contributed by atoms with Crippen LogP contribution in [0.4, 0.5) is 11.4 Å². The number of nitrogens with two attached hydrogens (primary N) is 1. The van der Waals surface area contributed by atoms with Gasteiger partial charge in [0.05, 0.1) is 4.92 Å². The fourth-order valence-electron chi connectivity index (χ4n) is 1.43. The zero-order chi connectivity index (χ0) is 14.4. The average molecular weight is 267 g/mol. The fraction of sp³-hybridized carbons (Fsp3) is 0.273. The molecule has 0 aliphatic rings. The highest BCUT2D eigenvalue weighted by atomic mass is 16.6. The third-order valence-corrected chi connectivity index (χ3v) is 2.41. The number of nitro groups is 1. The van der Waals surface area contributed by atoms with Crippen molar-refractivity contribution < 1.29 is 19.6 Å². The predicted molar refractivity (Wildman–Crippen MR) is 66.6 cm³/mol. The maximum atomic E-state index is 11.2. The minimum absolute atomic E-state index is 0.0433. The van der Waals surface area contributed by atoms with E-state index in [0.717, 1.165) is 0 Å². The molecule has 1 aromatic carbocycles. The van der Waals surface area contributed by atoms with Crippen LogP contribution in [0.3, 0.4) is 0 Å². The topological polar surface area (TPSA) is 136 Å². The smallest absolute Gasteiger partial charge is 0.303 e. The Kier molecular flexibility index (Phi) is 4.81. The van der Waals surface area contributed by atoms with Crippen LogP contribution in [0, 0.1) is 10.1 Å². The zero-order valence-electron chi connectivity index (χ0n) is 9.91. The van der Waals surface area contributed by atoms with Gasteiger partial charge in [-0.05, 0) is 18.6 Å². The molecule has 1 amide bonds. The van der Waals surface area contributed by atoms with Crippen molar-refractivity contribution in [2.45, 2.75) is 18.9 Å². The van der Waals surface area contributed by atoms with Crippen LogP contribution in [0.1, 0.15) is 12.8 Å². The molecule has 8 nitrogen and oxygen atoms in total. The molecule has 0 saturated heterocycles. The number of carboxylic acid groups (broad SMARTS) is 1. The quantitative estimate of drug-likeness (QED) is 0.492. The third kappa shape index (κ3) is 4.62.